The number of aliphatic hydroxyl groups is 1. The number of hydrogen-bond acceptors (Lipinski definition) is 4. The first kappa shape index (κ1) is 15.7. The van der Waals surface area contributed by atoms with E-state index in [1.807, 2.05) is 30.3 Å². The Morgan fingerprint density at radius 2 is 2.00 bits per heavy atom. The second-order valence-corrected chi connectivity index (χ2v) is 4.51. The Morgan fingerprint density at radius 1 is 1.32 bits per heavy atom. The summed E-state index contributed by atoms with van der Waals surface area (Å²) in [5.41, 5.74) is 0.952. The summed E-state index contributed by atoms with van der Waals surface area (Å²) in [7, 11) is 1.41. The number of benzene rings is 1. The van der Waals surface area contributed by atoms with Crippen LogP contribution in [-0.2, 0) is 9.53 Å². The van der Waals surface area contributed by atoms with Crippen LogP contribution < -0.4 is 0 Å². The van der Waals surface area contributed by atoms with Crippen LogP contribution in [0, 0.1) is 0 Å². The molecule has 1 aromatic carbocycles. The van der Waals surface area contributed by atoms with E-state index in [0.717, 1.165) is 18.5 Å². The normalized spacial score (nSPS) is 12.4. The van der Waals surface area contributed by atoms with Gasteiger partial charge in [-0.15, -0.1) is 0 Å². The molecule has 0 radical (unpaired) electrons. The lowest BCUT2D eigenvalue weighted by atomic mass is 9.98. The maximum atomic E-state index is 11.9. The number of carbonyl (C=O) groups is 1. The van der Waals surface area contributed by atoms with Gasteiger partial charge in [-0.3, -0.25) is 9.69 Å². The van der Waals surface area contributed by atoms with E-state index in [-0.39, 0.29) is 18.5 Å². The Labute approximate surface area is 115 Å². The highest BCUT2D eigenvalue weighted by atomic mass is 16.5. The van der Waals surface area contributed by atoms with Gasteiger partial charge < -0.3 is 9.84 Å². The van der Waals surface area contributed by atoms with E-state index in [4.69, 9.17) is 9.84 Å². The van der Waals surface area contributed by atoms with Crippen LogP contribution in [0.25, 0.3) is 0 Å². The number of hydrogen-bond donors (Lipinski definition) is 1. The van der Waals surface area contributed by atoms with Crippen LogP contribution in [0.4, 0.5) is 0 Å². The first-order valence-corrected chi connectivity index (χ1v) is 6.68. The molecular formula is C15H23NO3. The van der Waals surface area contributed by atoms with Crippen molar-refractivity contribution < 1.29 is 14.6 Å². The molecule has 0 heterocycles. The van der Waals surface area contributed by atoms with Gasteiger partial charge in [0, 0.05) is 13.1 Å². The quantitative estimate of drug-likeness (QED) is 0.726. The Morgan fingerprint density at radius 3 is 2.53 bits per heavy atom. The van der Waals surface area contributed by atoms with Gasteiger partial charge in [-0.05, 0) is 18.5 Å². The fraction of sp³-hybridized carbons (Fsp3) is 0.533. The molecule has 106 valence electrons. The Kier molecular flexibility index (Phi) is 7.15. The first-order chi connectivity index (χ1) is 9.22. The summed E-state index contributed by atoms with van der Waals surface area (Å²) in [6.45, 7) is 4.20. The monoisotopic (exact) mass is 265 g/mol. The minimum Gasteiger partial charge on any atom is -0.469 e. The average Bonchev–Trinajstić information content (AvgIpc) is 2.45. The van der Waals surface area contributed by atoms with Crippen LogP contribution in [0.5, 0.6) is 0 Å². The molecule has 0 aliphatic carbocycles. The molecule has 0 fully saturated rings. The molecule has 0 amide bonds. The van der Waals surface area contributed by atoms with Gasteiger partial charge in [-0.1, -0.05) is 37.3 Å². The minimum atomic E-state index is -0.302. The van der Waals surface area contributed by atoms with Crippen molar-refractivity contribution in [1.82, 2.24) is 4.90 Å². The summed E-state index contributed by atoms with van der Waals surface area (Å²) in [5, 5.41) is 9.08. The Bertz CT molecular complexity index is 361. The summed E-state index contributed by atoms with van der Waals surface area (Å²) < 4.78 is 4.90. The molecule has 4 nitrogen and oxygen atoms in total. The number of nitrogens with zero attached hydrogens (tertiary/aromatic N) is 1. The molecule has 0 aromatic heterocycles. The largest absolute Gasteiger partial charge is 0.469 e. The van der Waals surface area contributed by atoms with E-state index < -0.39 is 0 Å². The van der Waals surface area contributed by atoms with Crippen LogP contribution in [0.3, 0.4) is 0 Å². The van der Waals surface area contributed by atoms with E-state index in [2.05, 4.69) is 11.8 Å². The molecule has 1 N–H and O–H groups in total. The highest BCUT2D eigenvalue weighted by molar-refractivity contribution is 5.78. The third kappa shape index (κ3) is 5.01. The summed E-state index contributed by atoms with van der Waals surface area (Å²) in [4.78, 5) is 14.0. The molecular weight excluding hydrogens is 242 g/mol. The smallest absolute Gasteiger partial charge is 0.314 e. The molecule has 0 bridgehead atoms. The third-order valence-electron chi connectivity index (χ3n) is 3.08. The summed E-state index contributed by atoms with van der Waals surface area (Å²) in [5.74, 6) is -0.533. The van der Waals surface area contributed by atoms with Gasteiger partial charge in [0.2, 0.25) is 0 Å². The third-order valence-corrected chi connectivity index (χ3v) is 3.08. The minimum absolute atomic E-state index is 0.0999. The summed E-state index contributed by atoms with van der Waals surface area (Å²) >= 11 is 0. The van der Waals surface area contributed by atoms with Crippen LogP contribution in [0.15, 0.2) is 30.3 Å². The Balaban J connectivity index is 2.82. The SMILES string of the molecule is CCCN(CCO)CC(C(=O)OC)c1ccccc1. The maximum Gasteiger partial charge on any atom is 0.314 e. The van der Waals surface area contributed by atoms with E-state index in [9.17, 15) is 4.79 Å². The van der Waals surface area contributed by atoms with E-state index in [1.54, 1.807) is 0 Å². The lowest BCUT2D eigenvalue weighted by Gasteiger charge is -2.25. The number of ether oxygens (including phenoxy) is 1. The number of methoxy groups -OCH3 is 1. The van der Waals surface area contributed by atoms with E-state index >= 15 is 0 Å². The number of carbonyl (C=O) groups excluding carboxylic acids is 1. The average molecular weight is 265 g/mol. The summed E-state index contributed by atoms with van der Waals surface area (Å²) in [6, 6.07) is 9.63. The standard InChI is InChI=1S/C15H23NO3/c1-3-9-16(10-11-17)12-14(15(18)19-2)13-7-5-4-6-8-13/h4-8,14,17H,3,9-12H2,1-2H3. The van der Waals surface area contributed by atoms with Crippen molar-refractivity contribution in [2.75, 3.05) is 33.4 Å². The molecule has 0 saturated heterocycles. The molecule has 0 spiro atoms. The van der Waals surface area contributed by atoms with Gasteiger partial charge >= 0.3 is 5.97 Å². The molecule has 1 aromatic rings. The lowest BCUT2D eigenvalue weighted by molar-refractivity contribution is -0.143. The molecule has 1 atom stereocenters. The van der Waals surface area contributed by atoms with Gasteiger partial charge in [0.25, 0.3) is 0 Å². The van der Waals surface area contributed by atoms with Crippen molar-refractivity contribution in [3.63, 3.8) is 0 Å². The number of aliphatic hydroxyl groups excluding tert-OH is 1. The topological polar surface area (TPSA) is 49.8 Å². The highest BCUT2D eigenvalue weighted by Crippen LogP contribution is 2.18. The molecule has 1 unspecified atom stereocenters. The fourth-order valence-electron chi connectivity index (χ4n) is 2.15. The number of esters is 1. The molecule has 0 aliphatic heterocycles. The molecule has 19 heavy (non-hydrogen) atoms. The second-order valence-electron chi connectivity index (χ2n) is 4.51. The van der Waals surface area contributed by atoms with Gasteiger partial charge in [-0.25, -0.2) is 0 Å². The zero-order valence-electron chi connectivity index (χ0n) is 11.7. The fourth-order valence-corrected chi connectivity index (χ4v) is 2.15. The zero-order chi connectivity index (χ0) is 14.1. The predicted molar refractivity (Wildman–Crippen MR) is 75.0 cm³/mol. The van der Waals surface area contributed by atoms with Crippen LogP contribution in [0.2, 0.25) is 0 Å². The molecule has 0 saturated carbocycles. The van der Waals surface area contributed by atoms with Crippen molar-refractivity contribution in [3.05, 3.63) is 35.9 Å². The first-order valence-electron chi connectivity index (χ1n) is 6.68. The van der Waals surface area contributed by atoms with Gasteiger partial charge in [0.05, 0.1) is 19.6 Å². The highest BCUT2D eigenvalue weighted by Gasteiger charge is 2.23. The van der Waals surface area contributed by atoms with E-state index in [0.29, 0.717) is 13.1 Å². The molecule has 4 heteroatoms. The van der Waals surface area contributed by atoms with Crippen LogP contribution in [-0.4, -0.2) is 49.3 Å². The van der Waals surface area contributed by atoms with Crippen molar-refractivity contribution in [2.24, 2.45) is 0 Å². The van der Waals surface area contributed by atoms with Crippen molar-refractivity contribution >= 4 is 5.97 Å². The summed E-state index contributed by atoms with van der Waals surface area (Å²) in [6.07, 6.45) is 0.989. The maximum absolute atomic E-state index is 11.9. The van der Waals surface area contributed by atoms with E-state index in [1.165, 1.54) is 7.11 Å². The van der Waals surface area contributed by atoms with Crippen molar-refractivity contribution in [1.29, 1.82) is 0 Å². The second kappa shape index (κ2) is 8.67. The predicted octanol–water partition coefficient (Wildman–Crippen LogP) is 1.65. The van der Waals surface area contributed by atoms with Crippen LogP contribution >= 0.6 is 0 Å². The van der Waals surface area contributed by atoms with Gasteiger partial charge in [0.1, 0.15) is 0 Å². The van der Waals surface area contributed by atoms with Crippen LogP contribution in [0.1, 0.15) is 24.8 Å². The molecule has 1 rings (SSSR count). The zero-order valence-corrected chi connectivity index (χ0v) is 11.7. The van der Waals surface area contributed by atoms with Gasteiger partial charge in [0.15, 0.2) is 0 Å². The Hall–Kier alpha value is -1.39. The molecule has 0 aliphatic rings. The number of rotatable bonds is 8. The van der Waals surface area contributed by atoms with Crippen molar-refractivity contribution in [2.45, 2.75) is 19.3 Å². The van der Waals surface area contributed by atoms with Crippen molar-refractivity contribution in [3.8, 4) is 0 Å². The lowest BCUT2D eigenvalue weighted by Crippen LogP contribution is -2.35. The van der Waals surface area contributed by atoms with Gasteiger partial charge in [-0.2, -0.15) is 0 Å².